The molecule has 0 aliphatic carbocycles. The Balaban J connectivity index is 2.68. The van der Waals surface area contributed by atoms with Gasteiger partial charge in [0, 0.05) is 13.2 Å². The Morgan fingerprint density at radius 2 is 2.18 bits per heavy atom. The van der Waals surface area contributed by atoms with Crippen LogP contribution >= 0.6 is 0 Å². The zero-order valence-corrected chi connectivity index (χ0v) is 10.8. The van der Waals surface area contributed by atoms with Gasteiger partial charge in [-0.05, 0) is 26.2 Å². The first-order chi connectivity index (χ1) is 8.03. The third-order valence-corrected chi connectivity index (χ3v) is 3.00. The molecule has 1 rings (SSSR count). The fourth-order valence-corrected chi connectivity index (χ4v) is 2.02. The quantitative estimate of drug-likeness (QED) is 0.675. The molecule has 0 bridgehead atoms. The molecule has 0 aromatic heterocycles. The maximum absolute atomic E-state index is 12.3. The van der Waals surface area contributed by atoms with Crippen molar-refractivity contribution in [2.75, 3.05) is 26.8 Å². The maximum atomic E-state index is 12.3. The van der Waals surface area contributed by atoms with Crippen LogP contribution in [0.25, 0.3) is 0 Å². The van der Waals surface area contributed by atoms with Gasteiger partial charge in [0.05, 0.1) is 7.11 Å². The van der Waals surface area contributed by atoms with Crippen molar-refractivity contribution in [3.63, 3.8) is 0 Å². The highest BCUT2D eigenvalue weighted by atomic mass is 16.5. The molecular weight excluding hydrogens is 222 g/mol. The average Bonchev–Trinajstić information content (AvgIpc) is 2.75. The van der Waals surface area contributed by atoms with Gasteiger partial charge in [0.15, 0.2) is 0 Å². The number of carbonyl (C=O) groups is 2. The van der Waals surface area contributed by atoms with Gasteiger partial charge in [-0.1, -0.05) is 6.92 Å². The molecule has 0 aromatic carbocycles. The molecule has 1 amide bonds. The Bertz CT molecular complexity index is 284. The van der Waals surface area contributed by atoms with Crippen LogP contribution in [0.2, 0.25) is 0 Å². The van der Waals surface area contributed by atoms with Gasteiger partial charge in [-0.25, -0.2) is 0 Å². The maximum Gasteiger partial charge on any atom is 0.325 e. The molecule has 1 unspecified atom stereocenters. The second kappa shape index (κ2) is 6.00. The topological polar surface area (TPSA) is 55.8 Å². The minimum absolute atomic E-state index is 0.00211. The van der Waals surface area contributed by atoms with E-state index in [2.05, 4.69) is 4.74 Å². The molecule has 0 saturated carbocycles. The second-order valence-electron chi connectivity index (χ2n) is 4.49. The first-order valence-corrected chi connectivity index (χ1v) is 6.03. The SMILES string of the molecule is CCCN(CC(=O)OC)C(=O)C1(C)CCCO1. The largest absolute Gasteiger partial charge is 0.468 e. The molecule has 1 aliphatic heterocycles. The van der Waals surface area contributed by atoms with Crippen LogP contribution in [-0.2, 0) is 19.1 Å². The number of carbonyl (C=O) groups excluding carboxylic acids is 2. The normalized spacial score (nSPS) is 23.5. The Morgan fingerprint density at radius 3 is 2.65 bits per heavy atom. The third-order valence-electron chi connectivity index (χ3n) is 3.00. The summed E-state index contributed by atoms with van der Waals surface area (Å²) in [4.78, 5) is 25.1. The van der Waals surface area contributed by atoms with Crippen LogP contribution in [0, 0.1) is 0 Å². The molecule has 1 fully saturated rings. The van der Waals surface area contributed by atoms with Crippen LogP contribution in [0.15, 0.2) is 0 Å². The lowest BCUT2D eigenvalue weighted by molar-refractivity contribution is -0.157. The number of amides is 1. The lowest BCUT2D eigenvalue weighted by Crippen LogP contribution is -2.49. The summed E-state index contributed by atoms with van der Waals surface area (Å²) in [6.07, 6.45) is 2.41. The molecule has 5 nitrogen and oxygen atoms in total. The van der Waals surface area contributed by atoms with Crippen molar-refractivity contribution in [1.29, 1.82) is 0 Å². The summed E-state index contributed by atoms with van der Waals surface area (Å²) in [7, 11) is 1.32. The summed E-state index contributed by atoms with van der Waals surface area (Å²) in [6, 6.07) is 0. The van der Waals surface area contributed by atoms with E-state index in [0.29, 0.717) is 19.6 Å². The fourth-order valence-electron chi connectivity index (χ4n) is 2.02. The second-order valence-corrected chi connectivity index (χ2v) is 4.49. The Morgan fingerprint density at radius 1 is 1.47 bits per heavy atom. The fraction of sp³-hybridized carbons (Fsp3) is 0.833. The van der Waals surface area contributed by atoms with Gasteiger partial charge in [0.2, 0.25) is 0 Å². The lowest BCUT2D eigenvalue weighted by atomic mass is 10.0. The Kier molecular flexibility index (Phi) is 4.93. The molecule has 0 radical (unpaired) electrons. The zero-order chi connectivity index (χ0) is 12.9. The standard InChI is InChI=1S/C12H21NO4/c1-4-7-13(9-10(14)16-3)11(15)12(2)6-5-8-17-12/h4-9H2,1-3H3. The van der Waals surface area contributed by atoms with Gasteiger partial charge in [-0.15, -0.1) is 0 Å². The number of rotatable bonds is 5. The predicted octanol–water partition coefficient (Wildman–Crippen LogP) is 0.967. The summed E-state index contributed by atoms with van der Waals surface area (Å²) in [5.41, 5.74) is -0.761. The van der Waals surface area contributed by atoms with E-state index in [4.69, 9.17) is 4.74 Å². The van der Waals surface area contributed by atoms with E-state index >= 15 is 0 Å². The predicted molar refractivity (Wildman–Crippen MR) is 62.5 cm³/mol. The van der Waals surface area contributed by atoms with E-state index in [0.717, 1.165) is 12.8 Å². The van der Waals surface area contributed by atoms with Crippen molar-refractivity contribution >= 4 is 11.9 Å². The number of nitrogens with zero attached hydrogens (tertiary/aromatic N) is 1. The van der Waals surface area contributed by atoms with Crippen LogP contribution in [0.3, 0.4) is 0 Å². The van der Waals surface area contributed by atoms with Crippen molar-refractivity contribution in [2.45, 2.75) is 38.7 Å². The number of methoxy groups -OCH3 is 1. The molecule has 1 aliphatic rings. The van der Waals surface area contributed by atoms with Crippen LogP contribution in [0.5, 0.6) is 0 Å². The summed E-state index contributed by atoms with van der Waals surface area (Å²) >= 11 is 0. The van der Waals surface area contributed by atoms with E-state index in [9.17, 15) is 9.59 Å². The van der Waals surface area contributed by atoms with Gasteiger partial charge < -0.3 is 14.4 Å². The number of ether oxygens (including phenoxy) is 2. The number of esters is 1. The van der Waals surface area contributed by atoms with E-state index in [1.54, 1.807) is 6.92 Å². The third kappa shape index (κ3) is 3.43. The monoisotopic (exact) mass is 243 g/mol. The summed E-state index contributed by atoms with van der Waals surface area (Å²) < 4.78 is 10.1. The van der Waals surface area contributed by atoms with Crippen LogP contribution in [-0.4, -0.2) is 49.2 Å². The van der Waals surface area contributed by atoms with E-state index in [1.165, 1.54) is 12.0 Å². The first kappa shape index (κ1) is 14.0. The van der Waals surface area contributed by atoms with Crippen molar-refractivity contribution in [3.05, 3.63) is 0 Å². The van der Waals surface area contributed by atoms with Crippen molar-refractivity contribution in [3.8, 4) is 0 Å². The molecular formula is C12H21NO4. The minimum atomic E-state index is -0.761. The highest BCUT2D eigenvalue weighted by molar-refractivity contribution is 5.88. The summed E-state index contributed by atoms with van der Waals surface area (Å²) in [6.45, 7) is 4.92. The summed E-state index contributed by atoms with van der Waals surface area (Å²) in [5, 5.41) is 0. The van der Waals surface area contributed by atoms with E-state index in [1.807, 2.05) is 6.92 Å². The van der Waals surface area contributed by atoms with Gasteiger partial charge >= 0.3 is 5.97 Å². The van der Waals surface area contributed by atoms with Crippen LogP contribution in [0.1, 0.15) is 33.1 Å². The first-order valence-electron chi connectivity index (χ1n) is 6.03. The van der Waals surface area contributed by atoms with Gasteiger partial charge in [0.1, 0.15) is 12.1 Å². The lowest BCUT2D eigenvalue weighted by Gasteiger charge is -2.30. The van der Waals surface area contributed by atoms with Crippen LogP contribution < -0.4 is 0 Å². The highest BCUT2D eigenvalue weighted by Crippen LogP contribution is 2.27. The zero-order valence-electron chi connectivity index (χ0n) is 10.8. The Hall–Kier alpha value is -1.10. The van der Waals surface area contributed by atoms with Gasteiger partial charge in [-0.3, -0.25) is 9.59 Å². The molecule has 1 heterocycles. The molecule has 17 heavy (non-hydrogen) atoms. The van der Waals surface area contributed by atoms with Gasteiger partial charge in [-0.2, -0.15) is 0 Å². The van der Waals surface area contributed by atoms with Crippen molar-refractivity contribution in [1.82, 2.24) is 4.90 Å². The Labute approximate surface area is 102 Å². The molecule has 1 atom stereocenters. The molecule has 0 aromatic rings. The molecule has 0 N–H and O–H groups in total. The smallest absolute Gasteiger partial charge is 0.325 e. The molecule has 1 saturated heterocycles. The minimum Gasteiger partial charge on any atom is -0.468 e. The average molecular weight is 243 g/mol. The van der Waals surface area contributed by atoms with Crippen molar-refractivity contribution in [2.24, 2.45) is 0 Å². The number of hydrogen-bond acceptors (Lipinski definition) is 4. The van der Waals surface area contributed by atoms with Crippen molar-refractivity contribution < 1.29 is 19.1 Å². The summed E-state index contributed by atoms with van der Waals surface area (Å²) in [5.74, 6) is -0.504. The molecule has 0 spiro atoms. The van der Waals surface area contributed by atoms with E-state index < -0.39 is 11.6 Å². The highest BCUT2D eigenvalue weighted by Gasteiger charge is 2.40. The van der Waals surface area contributed by atoms with Crippen LogP contribution in [0.4, 0.5) is 0 Å². The molecule has 98 valence electrons. The van der Waals surface area contributed by atoms with E-state index in [-0.39, 0.29) is 12.5 Å². The molecule has 5 heteroatoms. The number of hydrogen-bond donors (Lipinski definition) is 0. The van der Waals surface area contributed by atoms with Gasteiger partial charge in [0.25, 0.3) is 5.91 Å².